The van der Waals surface area contributed by atoms with E-state index in [-0.39, 0.29) is 11.4 Å². The molecule has 1 aromatic carbocycles. The lowest BCUT2D eigenvalue weighted by molar-refractivity contribution is 0.0946. The molecule has 116 valence electrons. The molecular weight excluding hydrogens is 292 g/mol. The molecule has 0 saturated heterocycles. The number of amides is 1. The van der Waals surface area contributed by atoms with Crippen LogP contribution in [0.3, 0.4) is 0 Å². The molecular formula is C15H15F2N3O2. The first-order valence-electron chi connectivity index (χ1n) is 7.00. The van der Waals surface area contributed by atoms with Gasteiger partial charge in [0.1, 0.15) is 17.1 Å². The number of fused-ring (bicyclic) bond motifs is 1. The zero-order chi connectivity index (χ0) is 15.5. The normalized spacial score (nSPS) is 13.6. The number of aromatic amines is 1. The smallest absolute Gasteiger partial charge is 0.279 e. The number of H-pyrrole nitrogens is 1. The molecule has 22 heavy (non-hydrogen) atoms. The molecule has 2 N–H and O–H groups in total. The first-order valence-corrected chi connectivity index (χ1v) is 7.00. The Morgan fingerprint density at radius 3 is 3.05 bits per heavy atom. The highest BCUT2D eigenvalue weighted by Crippen LogP contribution is 2.25. The van der Waals surface area contributed by atoms with Crippen LogP contribution in [0.5, 0.6) is 5.75 Å². The number of ether oxygens (including phenoxy) is 1. The fraction of sp³-hybridized carbons (Fsp3) is 0.333. The monoisotopic (exact) mass is 307 g/mol. The predicted octanol–water partition coefficient (Wildman–Crippen LogP) is 2.60. The molecule has 2 heterocycles. The van der Waals surface area contributed by atoms with Crippen LogP contribution in [0.15, 0.2) is 24.3 Å². The molecule has 0 atom stereocenters. The van der Waals surface area contributed by atoms with Gasteiger partial charge in [0.05, 0.1) is 6.61 Å². The maximum Gasteiger partial charge on any atom is 0.279 e. The van der Waals surface area contributed by atoms with Crippen LogP contribution in [0.1, 0.15) is 40.2 Å². The van der Waals surface area contributed by atoms with Gasteiger partial charge in [-0.25, -0.2) is 8.78 Å². The van der Waals surface area contributed by atoms with Crippen molar-refractivity contribution in [2.24, 2.45) is 0 Å². The summed E-state index contributed by atoms with van der Waals surface area (Å²) in [6.07, 6.45) is -0.740. The second-order valence-corrected chi connectivity index (χ2v) is 5.09. The summed E-state index contributed by atoms with van der Waals surface area (Å²) in [5.41, 5.74) is 1.65. The number of halogens is 2. The van der Waals surface area contributed by atoms with E-state index in [9.17, 15) is 13.6 Å². The second-order valence-electron chi connectivity index (χ2n) is 5.09. The van der Waals surface area contributed by atoms with Crippen molar-refractivity contribution in [1.29, 1.82) is 0 Å². The molecule has 1 aromatic heterocycles. The Morgan fingerprint density at radius 2 is 2.27 bits per heavy atom. The molecule has 1 amide bonds. The van der Waals surface area contributed by atoms with Crippen LogP contribution in [-0.4, -0.2) is 22.7 Å². The van der Waals surface area contributed by atoms with E-state index < -0.39 is 12.3 Å². The molecule has 0 radical (unpaired) electrons. The van der Waals surface area contributed by atoms with Crippen molar-refractivity contribution in [3.8, 4) is 5.75 Å². The van der Waals surface area contributed by atoms with Gasteiger partial charge in [0, 0.05) is 6.54 Å². The average Bonchev–Trinajstić information content (AvgIpc) is 3.03. The number of hydrogen-bond acceptors (Lipinski definition) is 3. The van der Waals surface area contributed by atoms with E-state index in [1.165, 1.54) is 0 Å². The lowest BCUT2D eigenvalue weighted by atomic mass is 10.0. The minimum absolute atomic E-state index is 0.0448. The third-order valence-electron chi connectivity index (χ3n) is 3.49. The summed E-state index contributed by atoms with van der Waals surface area (Å²) in [4.78, 5) is 11.9. The Labute approximate surface area is 125 Å². The van der Waals surface area contributed by atoms with Gasteiger partial charge < -0.3 is 10.1 Å². The molecule has 2 aromatic rings. The summed E-state index contributed by atoms with van der Waals surface area (Å²) in [5, 5.41) is 8.40. The van der Waals surface area contributed by atoms with Gasteiger partial charge in [0.25, 0.3) is 12.3 Å². The SMILES string of the molecule is O=C(NCc1ccc2c(c1)CCCO2)c1cc(C(F)F)[nH]n1. The summed E-state index contributed by atoms with van der Waals surface area (Å²) in [6.45, 7) is 1.04. The maximum atomic E-state index is 12.4. The van der Waals surface area contributed by atoms with Crippen molar-refractivity contribution < 1.29 is 18.3 Å². The highest BCUT2D eigenvalue weighted by molar-refractivity contribution is 5.92. The van der Waals surface area contributed by atoms with Gasteiger partial charge in [-0.2, -0.15) is 5.10 Å². The number of alkyl halides is 2. The Kier molecular flexibility index (Phi) is 4.04. The van der Waals surface area contributed by atoms with Gasteiger partial charge in [0.2, 0.25) is 0 Å². The Bertz CT molecular complexity index is 685. The summed E-state index contributed by atoms with van der Waals surface area (Å²) in [6, 6.07) is 6.81. The largest absolute Gasteiger partial charge is 0.493 e. The molecule has 0 fully saturated rings. The standard InChI is InChI=1S/C15H15F2N3O2/c16-14(17)11-7-12(20-19-11)15(21)18-8-9-3-4-13-10(6-9)2-1-5-22-13/h3-4,6-7,14H,1-2,5,8H2,(H,18,21)(H,19,20). The molecule has 0 bridgehead atoms. The number of nitrogens with zero attached hydrogens (tertiary/aromatic N) is 1. The van der Waals surface area contributed by atoms with Crippen molar-refractivity contribution in [1.82, 2.24) is 15.5 Å². The Hall–Kier alpha value is -2.44. The lowest BCUT2D eigenvalue weighted by Crippen LogP contribution is -2.23. The van der Waals surface area contributed by atoms with Crippen molar-refractivity contribution in [3.05, 3.63) is 46.8 Å². The summed E-state index contributed by atoms with van der Waals surface area (Å²) in [5.74, 6) is 0.396. The summed E-state index contributed by atoms with van der Waals surface area (Å²) in [7, 11) is 0. The first kappa shape index (κ1) is 14.5. The van der Waals surface area contributed by atoms with E-state index in [2.05, 4.69) is 15.5 Å². The molecule has 0 unspecified atom stereocenters. The summed E-state index contributed by atoms with van der Waals surface area (Å²) >= 11 is 0. The molecule has 0 aliphatic carbocycles. The van der Waals surface area contributed by atoms with Gasteiger partial charge in [-0.3, -0.25) is 9.89 Å². The van der Waals surface area contributed by atoms with Crippen LogP contribution in [0.4, 0.5) is 8.78 Å². The summed E-state index contributed by atoms with van der Waals surface area (Å²) < 4.78 is 30.4. The molecule has 0 spiro atoms. The van der Waals surface area contributed by atoms with Crippen LogP contribution in [0.2, 0.25) is 0 Å². The van der Waals surface area contributed by atoms with Crippen LogP contribution < -0.4 is 10.1 Å². The molecule has 5 nitrogen and oxygen atoms in total. The van der Waals surface area contributed by atoms with E-state index in [0.717, 1.165) is 42.4 Å². The lowest BCUT2D eigenvalue weighted by Gasteiger charge is -2.17. The molecule has 0 saturated carbocycles. The van der Waals surface area contributed by atoms with Crippen molar-refractivity contribution in [2.75, 3.05) is 6.61 Å². The zero-order valence-corrected chi connectivity index (χ0v) is 11.7. The molecule has 1 aliphatic heterocycles. The fourth-order valence-corrected chi connectivity index (χ4v) is 2.36. The van der Waals surface area contributed by atoms with Gasteiger partial charge in [-0.15, -0.1) is 0 Å². The molecule has 1 aliphatic rings. The first-order chi connectivity index (χ1) is 10.6. The number of hydrogen-bond donors (Lipinski definition) is 2. The van der Waals surface area contributed by atoms with E-state index >= 15 is 0 Å². The van der Waals surface area contributed by atoms with Crippen molar-refractivity contribution >= 4 is 5.91 Å². The van der Waals surface area contributed by atoms with Gasteiger partial charge in [0.15, 0.2) is 0 Å². The van der Waals surface area contributed by atoms with Crippen molar-refractivity contribution in [3.63, 3.8) is 0 Å². The Morgan fingerprint density at radius 1 is 1.41 bits per heavy atom. The number of nitrogens with one attached hydrogen (secondary N) is 2. The number of aryl methyl sites for hydroxylation is 1. The number of aromatic nitrogens is 2. The average molecular weight is 307 g/mol. The maximum absolute atomic E-state index is 12.4. The minimum Gasteiger partial charge on any atom is -0.493 e. The Balaban J connectivity index is 1.63. The van der Waals surface area contributed by atoms with Gasteiger partial charge in [-0.05, 0) is 36.1 Å². The zero-order valence-electron chi connectivity index (χ0n) is 11.7. The second kappa shape index (κ2) is 6.13. The van der Waals surface area contributed by atoms with Gasteiger partial charge in [-0.1, -0.05) is 12.1 Å². The fourth-order valence-electron chi connectivity index (χ4n) is 2.36. The number of carbonyl (C=O) groups is 1. The van der Waals surface area contributed by atoms with Crippen LogP contribution in [-0.2, 0) is 13.0 Å². The van der Waals surface area contributed by atoms with E-state index in [1.54, 1.807) is 0 Å². The minimum atomic E-state index is -2.67. The van der Waals surface area contributed by atoms with Crippen LogP contribution >= 0.6 is 0 Å². The third kappa shape index (κ3) is 3.08. The highest BCUT2D eigenvalue weighted by Gasteiger charge is 2.16. The van der Waals surface area contributed by atoms with Gasteiger partial charge >= 0.3 is 0 Å². The quantitative estimate of drug-likeness (QED) is 0.912. The topological polar surface area (TPSA) is 67.0 Å². The predicted molar refractivity (Wildman–Crippen MR) is 75.0 cm³/mol. The molecule has 7 heteroatoms. The van der Waals surface area contributed by atoms with E-state index in [0.29, 0.717) is 6.54 Å². The molecule has 3 rings (SSSR count). The van der Waals surface area contributed by atoms with Crippen LogP contribution in [0, 0.1) is 0 Å². The number of rotatable bonds is 4. The third-order valence-corrected chi connectivity index (χ3v) is 3.49. The van der Waals surface area contributed by atoms with E-state index in [1.807, 2.05) is 18.2 Å². The van der Waals surface area contributed by atoms with Crippen LogP contribution in [0.25, 0.3) is 0 Å². The van der Waals surface area contributed by atoms with Crippen molar-refractivity contribution in [2.45, 2.75) is 25.8 Å². The highest BCUT2D eigenvalue weighted by atomic mass is 19.3. The number of benzene rings is 1. The van der Waals surface area contributed by atoms with E-state index in [4.69, 9.17) is 4.74 Å². The number of carbonyl (C=O) groups excluding carboxylic acids is 1.